The minimum absolute atomic E-state index is 0.455. The molecule has 0 heteroatoms. The third-order valence-electron chi connectivity index (χ3n) is 5.27. The molecular weight excluding hydrogens is 312 g/mol. The van der Waals surface area contributed by atoms with Gasteiger partial charge in [0.15, 0.2) is 0 Å². The van der Waals surface area contributed by atoms with Gasteiger partial charge in [-0.25, -0.2) is 0 Å². The number of rotatable bonds is 4. The molecule has 0 saturated carbocycles. The SMILES string of the molecule is CCC(c1ccc(-c2cccc3ccccc23)cc1)c1cccc(C)c1. The van der Waals surface area contributed by atoms with Crippen molar-refractivity contribution in [3.8, 4) is 11.1 Å². The minimum Gasteiger partial charge on any atom is -0.0645 e. The molecule has 0 fully saturated rings. The number of hydrogen-bond acceptors (Lipinski definition) is 0. The van der Waals surface area contributed by atoms with Gasteiger partial charge in [0.25, 0.3) is 0 Å². The third kappa shape index (κ3) is 3.15. The summed E-state index contributed by atoms with van der Waals surface area (Å²) in [6, 6.07) is 33.2. The maximum atomic E-state index is 2.31. The standard InChI is InChI=1S/C26H24/c1-3-24(23-11-6-8-19(2)18-23)21-14-16-22(17-15-21)26-13-7-10-20-9-4-5-12-25(20)26/h4-18,24H,3H2,1-2H3. The van der Waals surface area contributed by atoms with Crippen LogP contribution in [0.2, 0.25) is 0 Å². The summed E-state index contributed by atoms with van der Waals surface area (Å²) in [5.41, 5.74) is 6.71. The maximum Gasteiger partial charge on any atom is 0.00868 e. The van der Waals surface area contributed by atoms with Crippen molar-refractivity contribution >= 4 is 10.8 Å². The Labute approximate surface area is 156 Å². The normalized spacial score (nSPS) is 12.2. The van der Waals surface area contributed by atoms with Gasteiger partial charge in [-0.3, -0.25) is 0 Å². The summed E-state index contributed by atoms with van der Waals surface area (Å²) in [7, 11) is 0. The summed E-state index contributed by atoms with van der Waals surface area (Å²) in [5.74, 6) is 0.455. The molecule has 0 heterocycles. The van der Waals surface area contributed by atoms with Crippen molar-refractivity contribution in [1.82, 2.24) is 0 Å². The van der Waals surface area contributed by atoms with Gasteiger partial charge < -0.3 is 0 Å². The minimum atomic E-state index is 0.455. The molecule has 0 aliphatic heterocycles. The van der Waals surface area contributed by atoms with Gasteiger partial charge in [0, 0.05) is 5.92 Å². The first kappa shape index (κ1) is 16.6. The molecule has 0 nitrogen and oxygen atoms in total. The Morgan fingerprint density at radius 3 is 2.19 bits per heavy atom. The largest absolute Gasteiger partial charge is 0.0645 e. The Kier molecular flexibility index (Phi) is 4.58. The predicted molar refractivity (Wildman–Crippen MR) is 113 cm³/mol. The van der Waals surface area contributed by atoms with E-state index in [-0.39, 0.29) is 0 Å². The number of aryl methyl sites for hydroxylation is 1. The molecular formula is C26H24. The zero-order valence-corrected chi connectivity index (χ0v) is 15.4. The van der Waals surface area contributed by atoms with Crippen molar-refractivity contribution in [1.29, 1.82) is 0 Å². The first-order valence-corrected chi connectivity index (χ1v) is 9.41. The molecule has 0 bridgehead atoms. The highest BCUT2D eigenvalue weighted by atomic mass is 14.2. The predicted octanol–water partition coefficient (Wildman–Crippen LogP) is 7.36. The van der Waals surface area contributed by atoms with Crippen LogP contribution in [0.4, 0.5) is 0 Å². The molecule has 0 saturated heterocycles. The third-order valence-corrected chi connectivity index (χ3v) is 5.27. The summed E-state index contributed by atoms with van der Waals surface area (Å²) in [5, 5.41) is 2.61. The van der Waals surface area contributed by atoms with Crippen LogP contribution in [0.1, 0.15) is 36.0 Å². The van der Waals surface area contributed by atoms with Gasteiger partial charge in [0.2, 0.25) is 0 Å². The van der Waals surface area contributed by atoms with Crippen molar-refractivity contribution in [3.05, 3.63) is 108 Å². The molecule has 0 aliphatic carbocycles. The molecule has 4 aromatic rings. The second kappa shape index (κ2) is 7.17. The van der Waals surface area contributed by atoms with Crippen molar-refractivity contribution in [2.75, 3.05) is 0 Å². The van der Waals surface area contributed by atoms with E-state index in [0.29, 0.717) is 5.92 Å². The van der Waals surface area contributed by atoms with Crippen LogP contribution in [0.15, 0.2) is 91.0 Å². The van der Waals surface area contributed by atoms with Crippen LogP contribution in [0, 0.1) is 6.92 Å². The van der Waals surface area contributed by atoms with E-state index in [4.69, 9.17) is 0 Å². The molecule has 0 N–H and O–H groups in total. The van der Waals surface area contributed by atoms with E-state index in [1.165, 1.54) is 38.6 Å². The molecule has 1 unspecified atom stereocenters. The lowest BCUT2D eigenvalue weighted by Crippen LogP contribution is -2.00. The average Bonchev–Trinajstić information content (AvgIpc) is 2.69. The zero-order chi connectivity index (χ0) is 17.9. The van der Waals surface area contributed by atoms with E-state index in [9.17, 15) is 0 Å². The van der Waals surface area contributed by atoms with E-state index >= 15 is 0 Å². The van der Waals surface area contributed by atoms with E-state index in [2.05, 4.69) is 105 Å². The Morgan fingerprint density at radius 1 is 0.692 bits per heavy atom. The maximum absolute atomic E-state index is 2.31. The summed E-state index contributed by atoms with van der Waals surface area (Å²) < 4.78 is 0. The lowest BCUT2D eigenvalue weighted by Gasteiger charge is -2.17. The van der Waals surface area contributed by atoms with Crippen LogP contribution in [-0.2, 0) is 0 Å². The fourth-order valence-corrected chi connectivity index (χ4v) is 3.92. The van der Waals surface area contributed by atoms with E-state index in [0.717, 1.165) is 6.42 Å². The van der Waals surface area contributed by atoms with Gasteiger partial charge in [0.1, 0.15) is 0 Å². The number of fused-ring (bicyclic) bond motifs is 1. The Bertz CT molecular complexity index is 1020. The highest BCUT2D eigenvalue weighted by Gasteiger charge is 2.12. The van der Waals surface area contributed by atoms with Crippen molar-refractivity contribution in [3.63, 3.8) is 0 Å². The van der Waals surface area contributed by atoms with Crippen molar-refractivity contribution in [2.45, 2.75) is 26.2 Å². The fourth-order valence-electron chi connectivity index (χ4n) is 3.92. The van der Waals surface area contributed by atoms with Crippen LogP contribution in [-0.4, -0.2) is 0 Å². The molecule has 26 heavy (non-hydrogen) atoms. The van der Waals surface area contributed by atoms with Gasteiger partial charge in [-0.15, -0.1) is 0 Å². The highest BCUT2D eigenvalue weighted by molar-refractivity contribution is 5.96. The fraction of sp³-hybridized carbons (Fsp3) is 0.154. The lowest BCUT2D eigenvalue weighted by molar-refractivity contribution is 0.776. The molecule has 4 rings (SSSR count). The van der Waals surface area contributed by atoms with Gasteiger partial charge in [0.05, 0.1) is 0 Å². The Balaban J connectivity index is 1.72. The van der Waals surface area contributed by atoms with Gasteiger partial charge in [-0.05, 0) is 46.4 Å². The van der Waals surface area contributed by atoms with Crippen LogP contribution >= 0.6 is 0 Å². The Hall–Kier alpha value is -2.86. The molecule has 1 atom stereocenters. The van der Waals surface area contributed by atoms with Crippen LogP contribution in [0.25, 0.3) is 21.9 Å². The molecule has 0 spiro atoms. The van der Waals surface area contributed by atoms with Crippen LogP contribution in [0.3, 0.4) is 0 Å². The Morgan fingerprint density at radius 2 is 1.42 bits per heavy atom. The lowest BCUT2D eigenvalue weighted by atomic mass is 9.87. The van der Waals surface area contributed by atoms with Crippen LogP contribution in [0.5, 0.6) is 0 Å². The zero-order valence-electron chi connectivity index (χ0n) is 15.4. The molecule has 128 valence electrons. The summed E-state index contributed by atoms with van der Waals surface area (Å²) in [6.45, 7) is 4.44. The first-order chi connectivity index (χ1) is 12.8. The molecule has 4 aromatic carbocycles. The number of benzene rings is 4. The summed E-state index contributed by atoms with van der Waals surface area (Å²) in [4.78, 5) is 0. The van der Waals surface area contributed by atoms with Crippen LogP contribution < -0.4 is 0 Å². The van der Waals surface area contributed by atoms with Gasteiger partial charge >= 0.3 is 0 Å². The second-order valence-electron chi connectivity index (χ2n) is 7.02. The van der Waals surface area contributed by atoms with E-state index < -0.39 is 0 Å². The smallest absolute Gasteiger partial charge is 0.00868 e. The number of hydrogen-bond donors (Lipinski definition) is 0. The van der Waals surface area contributed by atoms with Crippen molar-refractivity contribution < 1.29 is 0 Å². The van der Waals surface area contributed by atoms with E-state index in [1.807, 2.05) is 0 Å². The molecule has 0 aliphatic rings. The monoisotopic (exact) mass is 336 g/mol. The highest BCUT2D eigenvalue weighted by Crippen LogP contribution is 2.32. The summed E-state index contributed by atoms with van der Waals surface area (Å²) >= 11 is 0. The first-order valence-electron chi connectivity index (χ1n) is 9.41. The van der Waals surface area contributed by atoms with E-state index in [1.54, 1.807) is 0 Å². The molecule has 0 radical (unpaired) electrons. The summed E-state index contributed by atoms with van der Waals surface area (Å²) in [6.07, 6.45) is 1.11. The van der Waals surface area contributed by atoms with Crippen molar-refractivity contribution in [2.24, 2.45) is 0 Å². The van der Waals surface area contributed by atoms with Gasteiger partial charge in [-0.1, -0.05) is 103 Å². The average molecular weight is 336 g/mol. The van der Waals surface area contributed by atoms with Gasteiger partial charge in [-0.2, -0.15) is 0 Å². The quantitative estimate of drug-likeness (QED) is 0.365. The second-order valence-corrected chi connectivity index (χ2v) is 7.02. The topological polar surface area (TPSA) is 0 Å². The molecule has 0 amide bonds. The molecule has 0 aromatic heterocycles.